The number of nitrogens with zero attached hydrogens (tertiary/aromatic N) is 1. The Labute approximate surface area is 53.6 Å². The van der Waals surface area contributed by atoms with Gasteiger partial charge in [-0.25, -0.2) is 0 Å². The van der Waals surface area contributed by atoms with Gasteiger partial charge in [-0.3, -0.25) is 4.79 Å². The number of Topliss-reactive ketones (excluding diaryl/α,β-unsaturated/α-hetero) is 1. The molecule has 1 atom stereocenters. The Kier molecular flexibility index (Phi) is 1.53. The van der Waals surface area contributed by atoms with Crippen molar-refractivity contribution in [3.63, 3.8) is 0 Å². The molecule has 3 nitrogen and oxygen atoms in total. The number of carbonyl (C=O) groups excluding carboxylic acids is 1. The summed E-state index contributed by atoms with van der Waals surface area (Å²) in [6.07, 6.45) is 0.991. The van der Waals surface area contributed by atoms with Crippen LogP contribution in [0.3, 0.4) is 0 Å². The predicted molar refractivity (Wildman–Crippen MR) is 32.5 cm³/mol. The first-order valence-corrected chi connectivity index (χ1v) is 2.85. The first kappa shape index (κ1) is 6.29. The summed E-state index contributed by atoms with van der Waals surface area (Å²) in [6.45, 7) is 4.04. The van der Waals surface area contributed by atoms with E-state index in [2.05, 4.69) is 6.58 Å². The molecule has 0 aromatic heterocycles. The van der Waals surface area contributed by atoms with Crippen molar-refractivity contribution >= 4 is 5.78 Å². The molecule has 0 bridgehead atoms. The number of aliphatic hydroxyl groups excluding tert-OH is 1. The molecule has 1 N–H and O–H groups in total. The zero-order valence-electron chi connectivity index (χ0n) is 5.08. The summed E-state index contributed by atoms with van der Waals surface area (Å²) in [7, 11) is 0. The molecule has 0 aromatic carbocycles. The van der Waals surface area contributed by atoms with Crippen molar-refractivity contribution in [3.05, 3.63) is 12.8 Å². The summed E-state index contributed by atoms with van der Waals surface area (Å²) in [4.78, 5) is 12.1. The van der Waals surface area contributed by atoms with E-state index < -0.39 is 6.23 Å². The normalized spacial score (nSPS) is 27.0. The van der Waals surface area contributed by atoms with Gasteiger partial charge in [0, 0.05) is 13.0 Å². The third-order valence-electron chi connectivity index (χ3n) is 1.45. The molecule has 1 fully saturated rings. The molecular weight excluding hydrogens is 118 g/mol. The summed E-state index contributed by atoms with van der Waals surface area (Å²) >= 11 is 0. The number of rotatable bonds is 1. The predicted octanol–water partition coefficient (Wildman–Crippen LogP) is -0.277. The van der Waals surface area contributed by atoms with E-state index in [9.17, 15) is 4.79 Å². The van der Waals surface area contributed by atoms with Gasteiger partial charge in [0.15, 0.2) is 12.0 Å². The van der Waals surface area contributed by atoms with E-state index >= 15 is 0 Å². The van der Waals surface area contributed by atoms with Gasteiger partial charge in [-0.15, -0.1) is 0 Å². The number of aliphatic hydroxyl groups is 1. The van der Waals surface area contributed by atoms with Crippen molar-refractivity contribution in [1.29, 1.82) is 0 Å². The fraction of sp³-hybridized carbons (Fsp3) is 0.500. The van der Waals surface area contributed by atoms with Crippen LogP contribution < -0.4 is 0 Å². The maximum atomic E-state index is 10.6. The van der Waals surface area contributed by atoms with Gasteiger partial charge in [-0.2, -0.15) is 0 Å². The van der Waals surface area contributed by atoms with E-state index in [1.807, 2.05) is 0 Å². The molecule has 1 rings (SSSR count). The molecule has 3 heteroatoms. The molecule has 0 aliphatic carbocycles. The largest absolute Gasteiger partial charge is 0.367 e. The smallest absolute Gasteiger partial charge is 0.186 e. The highest BCUT2D eigenvalue weighted by Gasteiger charge is 2.26. The van der Waals surface area contributed by atoms with Crippen LogP contribution in [0.4, 0.5) is 0 Å². The summed E-state index contributed by atoms with van der Waals surface area (Å²) in [5.41, 5.74) is 0. The molecule has 50 valence electrons. The Bertz CT molecular complexity index is 144. The van der Waals surface area contributed by atoms with Crippen LogP contribution in [0.5, 0.6) is 0 Å². The minimum atomic E-state index is -0.928. The summed E-state index contributed by atoms with van der Waals surface area (Å²) in [5.74, 6) is -0.116. The van der Waals surface area contributed by atoms with E-state index in [1.54, 1.807) is 0 Å². The second-order valence-corrected chi connectivity index (χ2v) is 2.01. The SMILES string of the molecule is C=CN1CCC(=O)C1O. The zero-order chi connectivity index (χ0) is 6.85. The second-order valence-electron chi connectivity index (χ2n) is 2.01. The van der Waals surface area contributed by atoms with E-state index in [0.29, 0.717) is 13.0 Å². The van der Waals surface area contributed by atoms with Crippen molar-refractivity contribution in [1.82, 2.24) is 4.90 Å². The molecule has 9 heavy (non-hydrogen) atoms. The summed E-state index contributed by atoms with van der Waals surface area (Å²) < 4.78 is 0. The fourth-order valence-corrected chi connectivity index (χ4v) is 0.867. The van der Waals surface area contributed by atoms with Crippen LogP contribution in [0.2, 0.25) is 0 Å². The molecule has 1 aliphatic rings. The monoisotopic (exact) mass is 127 g/mol. The van der Waals surface area contributed by atoms with Gasteiger partial charge < -0.3 is 10.0 Å². The van der Waals surface area contributed by atoms with Crippen molar-refractivity contribution in [2.75, 3.05) is 6.54 Å². The lowest BCUT2D eigenvalue weighted by molar-refractivity contribution is -0.127. The molecule has 1 unspecified atom stereocenters. The molecule has 1 saturated heterocycles. The third kappa shape index (κ3) is 0.954. The Morgan fingerprint density at radius 3 is 2.78 bits per heavy atom. The maximum Gasteiger partial charge on any atom is 0.186 e. The number of hydrogen-bond acceptors (Lipinski definition) is 3. The van der Waals surface area contributed by atoms with Crippen LogP contribution >= 0.6 is 0 Å². The first-order chi connectivity index (χ1) is 4.25. The molecule has 1 heterocycles. The first-order valence-electron chi connectivity index (χ1n) is 2.85. The third-order valence-corrected chi connectivity index (χ3v) is 1.45. The number of ketones is 1. The minimum absolute atomic E-state index is 0.116. The summed E-state index contributed by atoms with van der Waals surface area (Å²) in [6, 6.07) is 0. The average molecular weight is 127 g/mol. The van der Waals surface area contributed by atoms with Crippen LogP contribution in [-0.4, -0.2) is 28.6 Å². The second kappa shape index (κ2) is 2.19. The lowest BCUT2D eigenvalue weighted by Crippen LogP contribution is -2.27. The van der Waals surface area contributed by atoms with Crippen LogP contribution in [0, 0.1) is 0 Å². The molecule has 0 amide bonds. The number of hydrogen-bond donors (Lipinski definition) is 1. The van der Waals surface area contributed by atoms with Gasteiger partial charge in [-0.1, -0.05) is 6.58 Å². The van der Waals surface area contributed by atoms with E-state index in [0.717, 1.165) is 0 Å². The minimum Gasteiger partial charge on any atom is -0.367 e. The van der Waals surface area contributed by atoms with Crippen molar-refractivity contribution in [2.24, 2.45) is 0 Å². The van der Waals surface area contributed by atoms with Crippen LogP contribution in [-0.2, 0) is 4.79 Å². The average Bonchev–Trinajstić information content (AvgIpc) is 2.15. The molecule has 1 aliphatic heterocycles. The zero-order valence-corrected chi connectivity index (χ0v) is 5.08. The Balaban J connectivity index is 2.61. The van der Waals surface area contributed by atoms with Gasteiger partial charge in [-0.05, 0) is 6.20 Å². The van der Waals surface area contributed by atoms with Crippen molar-refractivity contribution < 1.29 is 9.90 Å². The van der Waals surface area contributed by atoms with Gasteiger partial charge >= 0.3 is 0 Å². The van der Waals surface area contributed by atoms with Crippen molar-refractivity contribution in [3.8, 4) is 0 Å². The number of carbonyl (C=O) groups is 1. The lowest BCUT2D eigenvalue weighted by atomic mass is 10.3. The molecule has 0 aromatic rings. The maximum absolute atomic E-state index is 10.6. The highest BCUT2D eigenvalue weighted by molar-refractivity contribution is 5.84. The van der Waals surface area contributed by atoms with Crippen LogP contribution in [0.25, 0.3) is 0 Å². The Hall–Kier alpha value is -0.830. The van der Waals surface area contributed by atoms with Crippen LogP contribution in [0.15, 0.2) is 12.8 Å². The Morgan fingerprint density at radius 2 is 2.56 bits per heavy atom. The van der Waals surface area contributed by atoms with Gasteiger partial charge in [0.05, 0.1) is 0 Å². The summed E-state index contributed by atoms with van der Waals surface area (Å²) in [5, 5.41) is 8.96. The Morgan fingerprint density at radius 1 is 1.89 bits per heavy atom. The molecule has 0 spiro atoms. The van der Waals surface area contributed by atoms with E-state index in [1.165, 1.54) is 11.1 Å². The standard InChI is InChI=1S/C6H9NO2/c1-2-7-4-3-5(8)6(7)9/h2,6,9H,1,3-4H2. The highest BCUT2D eigenvalue weighted by atomic mass is 16.3. The number of likely N-dealkylation sites (tertiary alicyclic amines) is 1. The topological polar surface area (TPSA) is 40.5 Å². The van der Waals surface area contributed by atoms with Gasteiger partial charge in [0.1, 0.15) is 0 Å². The van der Waals surface area contributed by atoms with Crippen molar-refractivity contribution in [2.45, 2.75) is 12.6 Å². The molecule has 0 saturated carbocycles. The van der Waals surface area contributed by atoms with E-state index in [-0.39, 0.29) is 5.78 Å². The fourth-order valence-electron chi connectivity index (χ4n) is 0.867. The van der Waals surface area contributed by atoms with Gasteiger partial charge in [0.2, 0.25) is 0 Å². The van der Waals surface area contributed by atoms with Gasteiger partial charge in [0.25, 0.3) is 0 Å². The molecular formula is C6H9NO2. The molecule has 0 radical (unpaired) electrons. The van der Waals surface area contributed by atoms with E-state index in [4.69, 9.17) is 5.11 Å². The highest BCUT2D eigenvalue weighted by Crippen LogP contribution is 2.09. The van der Waals surface area contributed by atoms with Crippen LogP contribution in [0.1, 0.15) is 6.42 Å². The quantitative estimate of drug-likeness (QED) is 0.526. The lowest BCUT2D eigenvalue weighted by Gasteiger charge is -2.13.